The van der Waals surface area contributed by atoms with E-state index in [4.69, 9.17) is 16.3 Å². The minimum absolute atomic E-state index is 0.401. The van der Waals surface area contributed by atoms with Crippen LogP contribution in [0.4, 0.5) is 0 Å². The molecule has 1 heterocycles. The molecule has 140 valence electrons. The average Bonchev–Trinajstić information content (AvgIpc) is 2.75. The summed E-state index contributed by atoms with van der Waals surface area (Å²) in [5, 5.41) is 13.3. The van der Waals surface area contributed by atoms with Crippen molar-refractivity contribution >= 4 is 29.5 Å². The Labute approximate surface area is 169 Å². The Morgan fingerprint density at radius 2 is 1.71 bits per heavy atom. The minimum Gasteiger partial charge on any atom is -0.488 e. The zero-order chi connectivity index (χ0) is 19.6. The number of pyridine rings is 1. The number of aromatic nitrogens is 1. The first-order chi connectivity index (χ1) is 13.7. The Balaban J connectivity index is 1.69. The summed E-state index contributed by atoms with van der Waals surface area (Å²) in [5.74, 6) is 0.736. The number of hydrogen-bond donors (Lipinski definition) is 1. The lowest BCUT2D eigenvalue weighted by Crippen LogP contribution is -1.97. The molecule has 3 aromatic rings. The number of oxime groups is 1. The van der Waals surface area contributed by atoms with Crippen LogP contribution in [0.5, 0.6) is 5.75 Å². The van der Waals surface area contributed by atoms with Gasteiger partial charge < -0.3 is 9.94 Å². The fourth-order valence-corrected chi connectivity index (χ4v) is 2.56. The van der Waals surface area contributed by atoms with E-state index in [0.29, 0.717) is 17.3 Å². The molecular formula is C23H19ClN2O2. The van der Waals surface area contributed by atoms with Gasteiger partial charge in [0.15, 0.2) is 0 Å². The molecule has 0 fully saturated rings. The highest BCUT2D eigenvalue weighted by atomic mass is 35.5. The van der Waals surface area contributed by atoms with Crippen LogP contribution in [0.1, 0.15) is 16.8 Å². The number of rotatable bonds is 7. The summed E-state index contributed by atoms with van der Waals surface area (Å²) >= 11 is 5.91. The maximum absolute atomic E-state index is 9.25. The predicted molar refractivity (Wildman–Crippen MR) is 114 cm³/mol. The summed E-state index contributed by atoms with van der Waals surface area (Å²) in [6.45, 7) is 0.433. The molecule has 5 heteroatoms. The third kappa shape index (κ3) is 5.83. The highest BCUT2D eigenvalue weighted by Crippen LogP contribution is 2.21. The Bertz CT molecular complexity index is 981. The lowest BCUT2D eigenvalue weighted by atomic mass is 10.1. The monoisotopic (exact) mass is 390 g/mol. The van der Waals surface area contributed by atoms with Crippen LogP contribution < -0.4 is 4.74 Å². The predicted octanol–water partition coefficient (Wildman–Crippen LogP) is 5.87. The largest absolute Gasteiger partial charge is 0.488 e. The van der Waals surface area contributed by atoms with Crippen LogP contribution in [0.25, 0.3) is 12.2 Å². The second kappa shape index (κ2) is 10.1. The molecular weight excluding hydrogens is 372 g/mol. The Morgan fingerprint density at radius 3 is 2.46 bits per heavy atom. The number of ether oxygens (including phenoxy) is 1. The first-order valence-electron chi connectivity index (χ1n) is 8.70. The molecule has 0 radical (unpaired) electrons. The topological polar surface area (TPSA) is 54.7 Å². The molecule has 28 heavy (non-hydrogen) atoms. The molecule has 0 aliphatic rings. The van der Waals surface area contributed by atoms with Gasteiger partial charge in [0.2, 0.25) is 0 Å². The van der Waals surface area contributed by atoms with E-state index in [9.17, 15) is 5.21 Å². The standard InChI is InChI=1S/C23H19ClN2O2/c24-20-11-8-18(9-12-20)17-28-23-7-2-1-5-19(23)10-13-22(26-27)15-14-21-6-3-4-16-25-21/h1-16,27H,17H2. The Morgan fingerprint density at radius 1 is 0.964 bits per heavy atom. The van der Waals surface area contributed by atoms with Gasteiger partial charge in [0.25, 0.3) is 0 Å². The van der Waals surface area contributed by atoms with Gasteiger partial charge in [-0.05, 0) is 60.2 Å². The van der Waals surface area contributed by atoms with Crippen molar-refractivity contribution in [2.45, 2.75) is 6.61 Å². The van der Waals surface area contributed by atoms with E-state index >= 15 is 0 Å². The van der Waals surface area contributed by atoms with E-state index in [1.54, 1.807) is 24.4 Å². The molecule has 0 bridgehead atoms. The molecule has 4 nitrogen and oxygen atoms in total. The van der Waals surface area contributed by atoms with E-state index < -0.39 is 0 Å². The summed E-state index contributed by atoms with van der Waals surface area (Å²) in [4.78, 5) is 4.20. The summed E-state index contributed by atoms with van der Waals surface area (Å²) in [5.41, 5.74) is 3.09. The molecule has 0 spiro atoms. The average molecular weight is 391 g/mol. The van der Waals surface area contributed by atoms with Gasteiger partial charge in [-0.25, -0.2) is 0 Å². The first kappa shape index (κ1) is 19.4. The molecule has 0 unspecified atom stereocenters. The number of halogens is 1. The Hall–Kier alpha value is -3.37. The van der Waals surface area contributed by atoms with Crippen molar-refractivity contribution in [3.63, 3.8) is 0 Å². The van der Waals surface area contributed by atoms with Crippen LogP contribution in [0.2, 0.25) is 5.02 Å². The molecule has 0 amide bonds. The highest BCUT2D eigenvalue weighted by Gasteiger charge is 2.02. The minimum atomic E-state index is 0.401. The smallest absolute Gasteiger partial charge is 0.127 e. The molecule has 0 saturated heterocycles. The number of hydrogen-bond acceptors (Lipinski definition) is 4. The van der Waals surface area contributed by atoms with Gasteiger partial charge in [-0.1, -0.05) is 53.2 Å². The van der Waals surface area contributed by atoms with Gasteiger partial charge in [-0.2, -0.15) is 0 Å². The quantitative estimate of drug-likeness (QED) is 0.312. The summed E-state index contributed by atoms with van der Waals surface area (Å²) in [7, 11) is 0. The molecule has 1 N–H and O–H groups in total. The van der Waals surface area contributed by atoms with Gasteiger partial charge >= 0.3 is 0 Å². The molecule has 2 aromatic carbocycles. The van der Waals surface area contributed by atoms with Crippen molar-refractivity contribution in [2.75, 3.05) is 0 Å². The van der Waals surface area contributed by atoms with Gasteiger partial charge in [0.05, 0.1) is 5.69 Å². The van der Waals surface area contributed by atoms with Gasteiger partial charge in [0, 0.05) is 16.8 Å². The molecule has 0 aliphatic carbocycles. The van der Waals surface area contributed by atoms with E-state index in [1.165, 1.54) is 0 Å². The fraction of sp³-hybridized carbons (Fsp3) is 0.0435. The molecule has 1 aromatic heterocycles. The van der Waals surface area contributed by atoms with Crippen LogP contribution in [-0.4, -0.2) is 15.9 Å². The van der Waals surface area contributed by atoms with Crippen molar-refractivity contribution in [2.24, 2.45) is 5.16 Å². The van der Waals surface area contributed by atoms with E-state index in [2.05, 4.69) is 10.1 Å². The van der Waals surface area contributed by atoms with Crippen molar-refractivity contribution in [3.05, 3.63) is 107 Å². The van der Waals surface area contributed by atoms with Crippen molar-refractivity contribution in [1.29, 1.82) is 0 Å². The van der Waals surface area contributed by atoms with Crippen LogP contribution in [0.3, 0.4) is 0 Å². The van der Waals surface area contributed by atoms with Crippen LogP contribution in [0, 0.1) is 0 Å². The van der Waals surface area contributed by atoms with Gasteiger partial charge in [-0.3, -0.25) is 4.98 Å². The molecule has 0 saturated carbocycles. The summed E-state index contributed by atoms with van der Waals surface area (Å²) < 4.78 is 5.93. The van der Waals surface area contributed by atoms with Crippen molar-refractivity contribution < 1.29 is 9.94 Å². The van der Waals surface area contributed by atoms with E-state index in [1.807, 2.05) is 72.8 Å². The van der Waals surface area contributed by atoms with Crippen LogP contribution in [-0.2, 0) is 6.61 Å². The lowest BCUT2D eigenvalue weighted by Gasteiger charge is -2.09. The summed E-state index contributed by atoms with van der Waals surface area (Å²) in [6, 6.07) is 20.8. The fourth-order valence-electron chi connectivity index (χ4n) is 2.43. The Kier molecular flexibility index (Phi) is 6.99. The van der Waals surface area contributed by atoms with E-state index in [0.717, 1.165) is 22.6 Å². The second-order valence-electron chi connectivity index (χ2n) is 5.90. The summed E-state index contributed by atoms with van der Waals surface area (Å²) in [6.07, 6.45) is 8.73. The zero-order valence-corrected chi connectivity index (χ0v) is 15.8. The molecule has 0 aliphatic heterocycles. The van der Waals surface area contributed by atoms with Gasteiger partial charge in [-0.15, -0.1) is 0 Å². The maximum atomic E-state index is 9.25. The van der Waals surface area contributed by atoms with Crippen LogP contribution >= 0.6 is 11.6 Å². The number of para-hydroxylation sites is 1. The van der Waals surface area contributed by atoms with E-state index in [-0.39, 0.29) is 0 Å². The van der Waals surface area contributed by atoms with Gasteiger partial charge in [0.1, 0.15) is 18.1 Å². The highest BCUT2D eigenvalue weighted by molar-refractivity contribution is 6.30. The van der Waals surface area contributed by atoms with Crippen LogP contribution in [0.15, 0.2) is 90.2 Å². The SMILES string of the molecule is ON=C(C=Cc1ccccn1)C=Cc1ccccc1OCc1ccc(Cl)cc1. The number of benzene rings is 2. The zero-order valence-electron chi connectivity index (χ0n) is 15.1. The second-order valence-corrected chi connectivity index (χ2v) is 6.34. The third-order valence-corrected chi connectivity index (χ3v) is 4.14. The molecule has 3 rings (SSSR count). The number of nitrogens with zero attached hydrogens (tertiary/aromatic N) is 2. The first-order valence-corrected chi connectivity index (χ1v) is 9.08. The lowest BCUT2D eigenvalue weighted by molar-refractivity contribution is 0.305. The van der Waals surface area contributed by atoms with Crippen molar-refractivity contribution in [1.82, 2.24) is 4.98 Å². The molecule has 0 atom stereocenters. The normalized spacial score (nSPS) is 12.0. The number of allylic oxidation sites excluding steroid dienone is 2. The third-order valence-electron chi connectivity index (χ3n) is 3.89. The van der Waals surface area contributed by atoms with Crippen molar-refractivity contribution in [3.8, 4) is 5.75 Å². The maximum Gasteiger partial charge on any atom is 0.127 e.